The molecule has 0 spiro atoms. The lowest BCUT2D eigenvalue weighted by Gasteiger charge is -1.93. The van der Waals surface area contributed by atoms with E-state index in [0.29, 0.717) is 6.42 Å². The van der Waals surface area contributed by atoms with Gasteiger partial charge in [0.2, 0.25) is 0 Å². The summed E-state index contributed by atoms with van der Waals surface area (Å²) in [6, 6.07) is 2.09. The Hall–Kier alpha value is -0.200. The van der Waals surface area contributed by atoms with Crippen LogP contribution in [0.1, 0.15) is 12.8 Å². The summed E-state index contributed by atoms with van der Waals surface area (Å²) in [5.74, 6) is 2.05. The second-order valence-corrected chi connectivity index (χ2v) is 2.89. The summed E-state index contributed by atoms with van der Waals surface area (Å²) in [4.78, 5) is 0. The third kappa shape index (κ3) is 7.80. The predicted octanol–water partition coefficient (Wildman–Crippen LogP) is 0.982. The van der Waals surface area contributed by atoms with Crippen LogP contribution in [0, 0.1) is 11.3 Å². The highest BCUT2D eigenvalue weighted by Gasteiger charge is 1.85. The van der Waals surface area contributed by atoms with Crippen molar-refractivity contribution in [2.24, 2.45) is 5.73 Å². The molecule has 0 saturated carbocycles. The van der Waals surface area contributed by atoms with Crippen molar-refractivity contribution in [1.29, 1.82) is 5.26 Å². The van der Waals surface area contributed by atoms with Crippen LogP contribution in [0.5, 0.6) is 0 Å². The highest BCUT2D eigenvalue weighted by molar-refractivity contribution is 7.99. The minimum absolute atomic E-state index is 0.662. The molecular weight excluding hydrogens is 132 g/mol. The zero-order valence-electron chi connectivity index (χ0n) is 5.47. The number of thioether (sulfide) groups is 1. The fraction of sp³-hybridized carbons (Fsp3) is 0.833. The fourth-order valence-corrected chi connectivity index (χ4v) is 1.22. The number of nitriles is 1. The smallest absolute Gasteiger partial charge is 0.0630 e. The van der Waals surface area contributed by atoms with Gasteiger partial charge < -0.3 is 5.73 Å². The quantitative estimate of drug-likeness (QED) is 0.585. The lowest BCUT2D eigenvalue weighted by atomic mass is 10.5. The average Bonchev–Trinajstić information content (AvgIpc) is 1.89. The molecule has 52 valence electrons. The Kier molecular flexibility index (Phi) is 7.63. The lowest BCUT2D eigenvalue weighted by molar-refractivity contribution is 0.942. The number of nitrogens with zero attached hydrogens (tertiary/aromatic N) is 1. The van der Waals surface area contributed by atoms with Crippen LogP contribution in [0.3, 0.4) is 0 Å². The monoisotopic (exact) mass is 144 g/mol. The first-order valence-corrected chi connectivity index (χ1v) is 4.22. The molecule has 0 aromatic rings. The van der Waals surface area contributed by atoms with Crippen molar-refractivity contribution in [3.63, 3.8) is 0 Å². The highest BCUT2D eigenvalue weighted by atomic mass is 32.2. The van der Waals surface area contributed by atoms with Crippen LogP contribution in [0.4, 0.5) is 0 Å². The van der Waals surface area contributed by atoms with Gasteiger partial charge in [0, 0.05) is 12.2 Å². The van der Waals surface area contributed by atoms with Crippen molar-refractivity contribution in [1.82, 2.24) is 0 Å². The molecule has 2 N–H and O–H groups in total. The summed E-state index contributed by atoms with van der Waals surface area (Å²) >= 11 is 1.80. The van der Waals surface area contributed by atoms with Gasteiger partial charge >= 0.3 is 0 Å². The molecule has 0 fully saturated rings. The van der Waals surface area contributed by atoms with E-state index in [-0.39, 0.29) is 0 Å². The summed E-state index contributed by atoms with van der Waals surface area (Å²) in [7, 11) is 0. The molecule has 0 aliphatic heterocycles. The highest BCUT2D eigenvalue weighted by Crippen LogP contribution is 2.02. The molecule has 0 bridgehead atoms. The van der Waals surface area contributed by atoms with Gasteiger partial charge in [0.1, 0.15) is 0 Å². The van der Waals surface area contributed by atoms with Gasteiger partial charge in [0.25, 0.3) is 0 Å². The van der Waals surface area contributed by atoms with Gasteiger partial charge in [0.05, 0.1) is 6.07 Å². The Balaban J connectivity index is 2.69. The molecule has 9 heavy (non-hydrogen) atoms. The second-order valence-electron chi connectivity index (χ2n) is 1.66. The molecule has 0 amide bonds. The molecule has 0 aromatic heterocycles. The summed E-state index contributed by atoms with van der Waals surface area (Å²) in [5, 5.41) is 8.13. The SMILES string of the molecule is N#CCCSCCCN. The lowest BCUT2D eigenvalue weighted by Crippen LogP contribution is -1.99. The number of hydrogen-bond donors (Lipinski definition) is 1. The number of nitrogens with two attached hydrogens (primary N) is 1. The number of hydrogen-bond acceptors (Lipinski definition) is 3. The molecular formula is C6H12N2S. The Morgan fingerprint density at radius 1 is 1.44 bits per heavy atom. The van der Waals surface area contributed by atoms with Crippen LogP contribution >= 0.6 is 11.8 Å². The second kappa shape index (κ2) is 7.80. The molecule has 0 aliphatic rings. The number of rotatable bonds is 5. The first-order valence-electron chi connectivity index (χ1n) is 3.06. The molecule has 0 aromatic carbocycles. The van der Waals surface area contributed by atoms with Gasteiger partial charge in [-0.3, -0.25) is 0 Å². The predicted molar refractivity (Wildman–Crippen MR) is 41.2 cm³/mol. The van der Waals surface area contributed by atoms with Gasteiger partial charge in [-0.2, -0.15) is 17.0 Å². The molecule has 2 nitrogen and oxygen atoms in total. The van der Waals surface area contributed by atoms with E-state index in [2.05, 4.69) is 6.07 Å². The molecule has 0 unspecified atom stereocenters. The Morgan fingerprint density at radius 3 is 2.78 bits per heavy atom. The zero-order chi connectivity index (χ0) is 6.95. The van der Waals surface area contributed by atoms with E-state index in [1.54, 1.807) is 11.8 Å². The van der Waals surface area contributed by atoms with Gasteiger partial charge in [-0.1, -0.05) is 0 Å². The third-order valence-corrected chi connectivity index (χ3v) is 1.92. The largest absolute Gasteiger partial charge is 0.330 e. The van der Waals surface area contributed by atoms with Crippen LogP contribution in [0.15, 0.2) is 0 Å². The molecule has 0 aliphatic carbocycles. The topological polar surface area (TPSA) is 49.8 Å². The maximum atomic E-state index is 8.13. The van der Waals surface area contributed by atoms with Gasteiger partial charge in [-0.25, -0.2) is 0 Å². The molecule has 0 radical (unpaired) electrons. The molecule has 0 rings (SSSR count). The van der Waals surface area contributed by atoms with E-state index in [0.717, 1.165) is 24.5 Å². The summed E-state index contributed by atoms with van der Waals surface area (Å²) < 4.78 is 0. The maximum Gasteiger partial charge on any atom is 0.0630 e. The maximum absolute atomic E-state index is 8.13. The Labute approximate surface area is 60.4 Å². The van der Waals surface area contributed by atoms with Gasteiger partial charge in [-0.05, 0) is 18.7 Å². The van der Waals surface area contributed by atoms with Crippen LogP contribution < -0.4 is 5.73 Å². The van der Waals surface area contributed by atoms with E-state index in [9.17, 15) is 0 Å². The van der Waals surface area contributed by atoms with Crippen molar-refractivity contribution in [3.8, 4) is 6.07 Å². The molecule has 3 heteroatoms. The van der Waals surface area contributed by atoms with Gasteiger partial charge in [-0.15, -0.1) is 0 Å². The molecule has 0 saturated heterocycles. The Bertz CT molecular complexity index is 87.5. The van der Waals surface area contributed by atoms with E-state index in [1.165, 1.54) is 0 Å². The van der Waals surface area contributed by atoms with E-state index in [4.69, 9.17) is 11.0 Å². The van der Waals surface area contributed by atoms with Crippen molar-refractivity contribution in [2.75, 3.05) is 18.1 Å². The van der Waals surface area contributed by atoms with Crippen LogP contribution in [0.25, 0.3) is 0 Å². The van der Waals surface area contributed by atoms with Crippen LogP contribution in [-0.4, -0.2) is 18.1 Å². The van der Waals surface area contributed by atoms with Crippen LogP contribution in [0.2, 0.25) is 0 Å². The van der Waals surface area contributed by atoms with E-state index < -0.39 is 0 Å². The van der Waals surface area contributed by atoms with Gasteiger partial charge in [0.15, 0.2) is 0 Å². The normalized spacial score (nSPS) is 8.89. The first-order chi connectivity index (χ1) is 4.41. The standard InChI is InChI=1S/C6H12N2S/c7-3-1-5-9-6-2-4-8/h1-3,5-7H2. The Morgan fingerprint density at radius 2 is 2.22 bits per heavy atom. The zero-order valence-corrected chi connectivity index (χ0v) is 6.28. The van der Waals surface area contributed by atoms with Crippen molar-refractivity contribution in [3.05, 3.63) is 0 Å². The fourth-order valence-electron chi connectivity index (χ4n) is 0.405. The van der Waals surface area contributed by atoms with E-state index >= 15 is 0 Å². The molecule has 0 atom stereocenters. The van der Waals surface area contributed by atoms with E-state index in [1.807, 2.05) is 0 Å². The summed E-state index contributed by atoms with van der Waals surface area (Å²) in [6.07, 6.45) is 1.73. The third-order valence-electron chi connectivity index (χ3n) is 0.851. The minimum atomic E-state index is 0.662. The van der Waals surface area contributed by atoms with Crippen molar-refractivity contribution < 1.29 is 0 Å². The molecule has 0 heterocycles. The van der Waals surface area contributed by atoms with Crippen molar-refractivity contribution in [2.45, 2.75) is 12.8 Å². The first kappa shape index (κ1) is 8.80. The van der Waals surface area contributed by atoms with Crippen molar-refractivity contribution >= 4 is 11.8 Å². The minimum Gasteiger partial charge on any atom is -0.330 e. The van der Waals surface area contributed by atoms with Crippen LogP contribution in [-0.2, 0) is 0 Å². The average molecular weight is 144 g/mol. The summed E-state index contributed by atoms with van der Waals surface area (Å²) in [5.41, 5.74) is 5.26. The summed E-state index contributed by atoms with van der Waals surface area (Å²) in [6.45, 7) is 0.763.